The van der Waals surface area contributed by atoms with Gasteiger partial charge in [-0.2, -0.15) is 0 Å². The molecule has 1 amide bonds. The highest BCUT2D eigenvalue weighted by atomic mass is 32.2. The molecule has 1 fully saturated rings. The lowest BCUT2D eigenvalue weighted by atomic mass is 10.1. The highest BCUT2D eigenvalue weighted by Crippen LogP contribution is 2.36. The summed E-state index contributed by atoms with van der Waals surface area (Å²) in [6, 6.07) is 17.6. The van der Waals surface area contributed by atoms with Crippen molar-refractivity contribution < 1.29 is 14.3 Å². The summed E-state index contributed by atoms with van der Waals surface area (Å²) in [4.78, 5) is 14.5. The molecule has 1 saturated heterocycles. The van der Waals surface area contributed by atoms with Gasteiger partial charge in [-0.05, 0) is 29.9 Å². The van der Waals surface area contributed by atoms with Crippen LogP contribution in [-0.4, -0.2) is 27.5 Å². The first-order chi connectivity index (χ1) is 13.7. The molecule has 28 heavy (non-hydrogen) atoms. The fraction of sp³-hybridized carbons (Fsp3) is 0.182. The number of amides is 1. The van der Waals surface area contributed by atoms with Crippen LogP contribution in [0.4, 0.5) is 0 Å². The Morgan fingerprint density at radius 3 is 2.71 bits per heavy atom. The normalized spacial score (nSPS) is 22.8. The summed E-state index contributed by atoms with van der Waals surface area (Å²) in [6.07, 6.45) is 5.48. The molecule has 6 heteroatoms. The van der Waals surface area contributed by atoms with Crippen molar-refractivity contribution in [1.82, 2.24) is 4.90 Å². The number of carbonyl (C=O) groups excluding carboxylic acids is 1. The van der Waals surface area contributed by atoms with E-state index in [1.165, 1.54) is 11.8 Å². The molecule has 4 nitrogen and oxygen atoms in total. The third kappa shape index (κ3) is 3.84. The van der Waals surface area contributed by atoms with Gasteiger partial charge in [-0.25, -0.2) is 0 Å². The summed E-state index contributed by atoms with van der Waals surface area (Å²) in [6.45, 7) is 0.492. The van der Waals surface area contributed by atoms with Crippen LogP contribution < -0.4 is 4.74 Å². The monoisotopic (exact) mass is 409 g/mol. The van der Waals surface area contributed by atoms with E-state index in [1.807, 2.05) is 72.8 Å². The number of allylic oxidation sites excluding steroid dienone is 1. The highest BCUT2D eigenvalue weighted by molar-refractivity contribution is 8.24. The van der Waals surface area contributed by atoms with Crippen LogP contribution in [0.3, 0.4) is 0 Å². The summed E-state index contributed by atoms with van der Waals surface area (Å²) in [7, 11) is 1.64. The van der Waals surface area contributed by atoms with Crippen LogP contribution in [0.15, 0.2) is 78.6 Å². The molecule has 0 spiro atoms. The lowest BCUT2D eigenvalue weighted by Gasteiger charge is -2.16. The van der Waals surface area contributed by atoms with Gasteiger partial charge in [-0.1, -0.05) is 72.5 Å². The molecule has 0 N–H and O–H groups in total. The van der Waals surface area contributed by atoms with Crippen molar-refractivity contribution in [3.8, 4) is 5.75 Å². The second-order valence-corrected chi connectivity index (χ2v) is 8.20. The topological polar surface area (TPSA) is 38.8 Å². The van der Waals surface area contributed by atoms with E-state index in [9.17, 15) is 4.79 Å². The van der Waals surface area contributed by atoms with Crippen molar-refractivity contribution in [2.75, 3.05) is 7.11 Å². The zero-order chi connectivity index (χ0) is 19.5. The first-order valence-electron chi connectivity index (χ1n) is 8.91. The number of benzene rings is 2. The van der Waals surface area contributed by atoms with E-state index in [0.717, 1.165) is 16.9 Å². The molecule has 2 unspecified atom stereocenters. The summed E-state index contributed by atoms with van der Waals surface area (Å²) in [5, 5.41) is -0.368. The minimum Gasteiger partial charge on any atom is -0.496 e. The largest absolute Gasteiger partial charge is 0.496 e. The number of para-hydroxylation sites is 1. The summed E-state index contributed by atoms with van der Waals surface area (Å²) in [5.41, 5.74) is 2.01. The number of rotatable bonds is 5. The number of methoxy groups -OCH3 is 1. The van der Waals surface area contributed by atoms with Crippen molar-refractivity contribution in [2.24, 2.45) is 0 Å². The Morgan fingerprint density at radius 2 is 1.93 bits per heavy atom. The predicted molar refractivity (Wildman–Crippen MR) is 115 cm³/mol. The maximum atomic E-state index is 12.8. The average molecular weight is 410 g/mol. The van der Waals surface area contributed by atoms with Crippen molar-refractivity contribution in [1.29, 1.82) is 0 Å². The second-order valence-electron chi connectivity index (χ2n) is 6.42. The van der Waals surface area contributed by atoms with Gasteiger partial charge in [-0.15, -0.1) is 0 Å². The van der Waals surface area contributed by atoms with E-state index >= 15 is 0 Å². The van der Waals surface area contributed by atoms with Gasteiger partial charge in [0, 0.05) is 5.56 Å². The fourth-order valence-electron chi connectivity index (χ4n) is 3.20. The maximum Gasteiger partial charge on any atom is 0.245 e. The summed E-state index contributed by atoms with van der Waals surface area (Å²) < 4.78 is 12.0. The van der Waals surface area contributed by atoms with Gasteiger partial charge < -0.3 is 9.47 Å². The predicted octanol–water partition coefficient (Wildman–Crippen LogP) is 4.64. The molecule has 2 aliphatic rings. The first-order valence-corrected chi connectivity index (χ1v) is 10.2. The lowest BCUT2D eigenvalue weighted by Crippen LogP contribution is -2.30. The van der Waals surface area contributed by atoms with Crippen LogP contribution in [0.2, 0.25) is 0 Å². The van der Waals surface area contributed by atoms with Gasteiger partial charge in [0.05, 0.1) is 13.7 Å². The van der Waals surface area contributed by atoms with Crippen LogP contribution in [0.25, 0.3) is 0 Å². The SMILES string of the molecule is COc1ccccc1C1C=CC(=CC2SC(=S)N(Cc3ccccc3)C2=O)O1. The van der Waals surface area contributed by atoms with Gasteiger partial charge in [0.15, 0.2) is 0 Å². The Labute approximate surface area is 173 Å². The fourth-order valence-corrected chi connectivity index (χ4v) is 4.59. The molecule has 142 valence electrons. The third-order valence-corrected chi connectivity index (χ3v) is 6.12. The van der Waals surface area contributed by atoms with Crippen LogP contribution in [-0.2, 0) is 16.1 Å². The third-order valence-electron chi connectivity index (χ3n) is 4.60. The molecule has 0 aliphatic carbocycles. The number of carbonyl (C=O) groups is 1. The maximum absolute atomic E-state index is 12.8. The standard InChI is InChI=1S/C22H19NO3S2/c1-25-18-10-6-5-9-17(18)19-12-11-16(26-19)13-20-21(24)23(22(27)28-20)14-15-7-3-2-4-8-15/h2-13,19-20H,14H2,1H3. The molecule has 4 rings (SSSR count). The van der Waals surface area contributed by atoms with Crippen LogP contribution >= 0.6 is 24.0 Å². The van der Waals surface area contributed by atoms with Crippen LogP contribution in [0.5, 0.6) is 5.75 Å². The molecule has 0 radical (unpaired) electrons. The molecular formula is C22H19NO3S2. The van der Waals surface area contributed by atoms with Gasteiger partial charge in [0.25, 0.3) is 0 Å². The minimum atomic E-state index is -0.368. The summed E-state index contributed by atoms with van der Waals surface area (Å²) in [5.74, 6) is 1.44. The lowest BCUT2D eigenvalue weighted by molar-refractivity contribution is -0.125. The zero-order valence-electron chi connectivity index (χ0n) is 15.3. The summed E-state index contributed by atoms with van der Waals surface area (Å²) >= 11 is 6.82. The van der Waals surface area contributed by atoms with Crippen molar-refractivity contribution in [3.05, 3.63) is 89.7 Å². The number of hydrogen-bond donors (Lipinski definition) is 0. The van der Waals surface area contributed by atoms with Gasteiger partial charge in [0.2, 0.25) is 5.91 Å². The minimum absolute atomic E-state index is 0.0101. The Balaban J connectivity index is 1.46. The van der Waals surface area contributed by atoms with E-state index in [2.05, 4.69) is 0 Å². The van der Waals surface area contributed by atoms with Crippen LogP contribution in [0, 0.1) is 0 Å². The first kappa shape index (κ1) is 18.8. The molecule has 2 heterocycles. The van der Waals surface area contributed by atoms with E-state index in [1.54, 1.807) is 12.0 Å². The molecule has 2 aromatic rings. The quantitative estimate of drug-likeness (QED) is 0.673. The van der Waals surface area contributed by atoms with Crippen molar-refractivity contribution >= 4 is 34.2 Å². The number of thiocarbonyl (C=S) groups is 1. The number of ether oxygens (including phenoxy) is 2. The van der Waals surface area contributed by atoms with Crippen molar-refractivity contribution in [3.63, 3.8) is 0 Å². The Morgan fingerprint density at radius 1 is 1.18 bits per heavy atom. The average Bonchev–Trinajstić information content (AvgIpc) is 3.29. The second kappa shape index (κ2) is 8.20. The highest BCUT2D eigenvalue weighted by Gasteiger charge is 2.36. The van der Waals surface area contributed by atoms with E-state index in [4.69, 9.17) is 21.7 Å². The molecule has 2 aromatic carbocycles. The Kier molecular flexibility index (Phi) is 5.50. The van der Waals surface area contributed by atoms with Gasteiger partial charge in [-0.3, -0.25) is 9.69 Å². The van der Waals surface area contributed by atoms with Crippen LogP contribution in [0.1, 0.15) is 17.2 Å². The van der Waals surface area contributed by atoms with Gasteiger partial charge in [0.1, 0.15) is 27.2 Å². The molecular weight excluding hydrogens is 390 g/mol. The smallest absolute Gasteiger partial charge is 0.245 e. The van der Waals surface area contributed by atoms with E-state index in [-0.39, 0.29) is 17.3 Å². The molecule has 0 aromatic heterocycles. The Bertz CT molecular complexity index is 955. The van der Waals surface area contributed by atoms with E-state index < -0.39 is 0 Å². The van der Waals surface area contributed by atoms with E-state index in [0.29, 0.717) is 16.6 Å². The number of hydrogen-bond acceptors (Lipinski definition) is 5. The molecule has 2 aliphatic heterocycles. The zero-order valence-corrected chi connectivity index (χ0v) is 16.9. The molecule has 0 bridgehead atoms. The Hall–Kier alpha value is -2.57. The van der Waals surface area contributed by atoms with Crippen molar-refractivity contribution in [2.45, 2.75) is 17.9 Å². The molecule has 0 saturated carbocycles. The molecule has 2 atom stereocenters. The number of thioether (sulfide) groups is 1. The number of nitrogens with zero attached hydrogens (tertiary/aromatic N) is 1. The van der Waals surface area contributed by atoms with Gasteiger partial charge >= 0.3 is 0 Å².